The van der Waals surface area contributed by atoms with E-state index in [2.05, 4.69) is 15.5 Å². The molecule has 0 aliphatic carbocycles. The van der Waals surface area contributed by atoms with Crippen LogP contribution < -0.4 is 10.1 Å². The van der Waals surface area contributed by atoms with E-state index in [1.165, 1.54) is 13.4 Å². The van der Waals surface area contributed by atoms with Gasteiger partial charge < -0.3 is 19.0 Å². The molecule has 0 unspecified atom stereocenters. The minimum Gasteiger partial charge on any atom is -0.495 e. The number of fused-ring (bicyclic) bond motifs is 1. The zero-order valence-electron chi connectivity index (χ0n) is 14.4. The third-order valence-electron chi connectivity index (χ3n) is 4.05. The highest BCUT2D eigenvalue weighted by Crippen LogP contribution is 2.30. The van der Waals surface area contributed by atoms with Crippen molar-refractivity contribution in [3.05, 3.63) is 58.9 Å². The highest BCUT2D eigenvalue weighted by atomic mass is 35.5. The number of pyridine rings is 1. The van der Waals surface area contributed by atoms with Crippen molar-refractivity contribution in [3.63, 3.8) is 0 Å². The standard InChI is InChI=1S/C19H14ClN3O4/c1-10-17-12(18(24)21-11-5-6-15(25-2)13(20)8-11)9-14(16-4-3-7-26-16)22-19(17)27-23-10/h3-9H,1-2H3,(H,21,24). The molecule has 1 N–H and O–H groups in total. The van der Waals surface area contributed by atoms with Crippen molar-refractivity contribution in [1.29, 1.82) is 0 Å². The number of ether oxygens (including phenoxy) is 1. The summed E-state index contributed by atoms with van der Waals surface area (Å²) < 4.78 is 15.8. The molecule has 3 heterocycles. The maximum absolute atomic E-state index is 13.0. The highest BCUT2D eigenvalue weighted by molar-refractivity contribution is 6.32. The van der Waals surface area contributed by atoms with Crippen LogP contribution in [0.25, 0.3) is 22.6 Å². The first-order valence-electron chi connectivity index (χ1n) is 8.02. The third kappa shape index (κ3) is 3.13. The van der Waals surface area contributed by atoms with Crippen LogP contribution >= 0.6 is 11.6 Å². The maximum atomic E-state index is 13.0. The molecule has 4 rings (SSSR count). The number of methoxy groups -OCH3 is 1. The zero-order valence-corrected chi connectivity index (χ0v) is 15.2. The average Bonchev–Trinajstić information content (AvgIpc) is 3.31. The van der Waals surface area contributed by atoms with Gasteiger partial charge in [0.15, 0.2) is 5.76 Å². The quantitative estimate of drug-likeness (QED) is 0.549. The fourth-order valence-electron chi connectivity index (χ4n) is 2.77. The number of benzene rings is 1. The molecular formula is C19H14ClN3O4. The summed E-state index contributed by atoms with van der Waals surface area (Å²) in [5.74, 6) is 0.700. The van der Waals surface area contributed by atoms with Gasteiger partial charge in [-0.25, -0.2) is 4.98 Å². The molecule has 0 saturated heterocycles. The molecular weight excluding hydrogens is 370 g/mol. The Balaban J connectivity index is 1.76. The molecule has 0 aliphatic heterocycles. The summed E-state index contributed by atoms with van der Waals surface area (Å²) in [6.07, 6.45) is 1.53. The lowest BCUT2D eigenvalue weighted by atomic mass is 10.1. The minimum absolute atomic E-state index is 0.263. The average molecular weight is 384 g/mol. The van der Waals surface area contributed by atoms with Crippen LogP contribution in [0.4, 0.5) is 5.69 Å². The molecule has 0 aliphatic rings. The predicted molar refractivity (Wildman–Crippen MR) is 100 cm³/mol. The lowest BCUT2D eigenvalue weighted by molar-refractivity contribution is 0.102. The lowest BCUT2D eigenvalue weighted by Crippen LogP contribution is -2.13. The second kappa shape index (κ2) is 6.77. The monoisotopic (exact) mass is 383 g/mol. The van der Waals surface area contributed by atoms with E-state index in [1.54, 1.807) is 43.3 Å². The summed E-state index contributed by atoms with van der Waals surface area (Å²) in [6, 6.07) is 10.1. The summed E-state index contributed by atoms with van der Waals surface area (Å²) in [6.45, 7) is 1.75. The smallest absolute Gasteiger partial charge is 0.259 e. The van der Waals surface area contributed by atoms with Crippen molar-refractivity contribution in [2.45, 2.75) is 6.92 Å². The van der Waals surface area contributed by atoms with Crippen LogP contribution in [-0.2, 0) is 0 Å². The number of nitrogens with zero attached hydrogens (tertiary/aromatic N) is 2. The predicted octanol–water partition coefficient (Wildman–Crippen LogP) is 4.71. The number of aromatic nitrogens is 2. The highest BCUT2D eigenvalue weighted by Gasteiger charge is 2.20. The number of amides is 1. The fourth-order valence-corrected chi connectivity index (χ4v) is 3.02. The topological polar surface area (TPSA) is 90.4 Å². The Bertz CT molecular complexity index is 1140. The van der Waals surface area contributed by atoms with Gasteiger partial charge in [-0.1, -0.05) is 16.8 Å². The number of anilines is 1. The number of aryl methyl sites for hydroxylation is 1. The molecule has 0 fully saturated rings. The van der Waals surface area contributed by atoms with Gasteiger partial charge in [0.2, 0.25) is 0 Å². The molecule has 3 aromatic heterocycles. The molecule has 4 aromatic rings. The lowest BCUT2D eigenvalue weighted by Gasteiger charge is -2.09. The molecule has 1 amide bonds. The third-order valence-corrected chi connectivity index (χ3v) is 4.34. The molecule has 7 nitrogen and oxygen atoms in total. The molecule has 136 valence electrons. The molecule has 27 heavy (non-hydrogen) atoms. The van der Waals surface area contributed by atoms with E-state index in [1.807, 2.05) is 0 Å². The number of nitrogens with one attached hydrogen (secondary N) is 1. The van der Waals surface area contributed by atoms with Gasteiger partial charge in [0.1, 0.15) is 11.4 Å². The molecule has 8 heteroatoms. The van der Waals surface area contributed by atoms with E-state index < -0.39 is 0 Å². The fraction of sp³-hybridized carbons (Fsp3) is 0.105. The van der Waals surface area contributed by atoms with Crippen molar-refractivity contribution < 1.29 is 18.5 Å². The molecule has 0 saturated carbocycles. The molecule has 0 bridgehead atoms. The Hall–Kier alpha value is -3.32. The van der Waals surface area contributed by atoms with Gasteiger partial charge in [0.05, 0.1) is 35.0 Å². The van der Waals surface area contributed by atoms with Crippen molar-refractivity contribution in [2.75, 3.05) is 12.4 Å². The van der Waals surface area contributed by atoms with Crippen LogP contribution in [0.3, 0.4) is 0 Å². The van der Waals surface area contributed by atoms with Crippen LogP contribution in [0.2, 0.25) is 5.02 Å². The van der Waals surface area contributed by atoms with E-state index in [0.29, 0.717) is 44.6 Å². The van der Waals surface area contributed by atoms with Crippen LogP contribution in [0.1, 0.15) is 16.1 Å². The van der Waals surface area contributed by atoms with Crippen molar-refractivity contribution in [2.24, 2.45) is 0 Å². The number of carbonyl (C=O) groups excluding carboxylic acids is 1. The first-order chi connectivity index (χ1) is 13.1. The molecule has 0 atom stereocenters. The van der Waals surface area contributed by atoms with Gasteiger partial charge in [-0.3, -0.25) is 4.79 Å². The molecule has 1 aromatic carbocycles. The Kier molecular flexibility index (Phi) is 4.29. The van der Waals surface area contributed by atoms with E-state index in [0.717, 1.165) is 0 Å². The van der Waals surface area contributed by atoms with Crippen molar-refractivity contribution in [3.8, 4) is 17.2 Å². The number of hydrogen-bond donors (Lipinski definition) is 1. The second-order valence-corrected chi connectivity index (χ2v) is 6.19. The largest absolute Gasteiger partial charge is 0.495 e. The van der Waals surface area contributed by atoms with Gasteiger partial charge in [-0.2, -0.15) is 0 Å². The van der Waals surface area contributed by atoms with Crippen LogP contribution in [0, 0.1) is 6.92 Å². The Morgan fingerprint density at radius 3 is 2.81 bits per heavy atom. The number of halogens is 1. The van der Waals surface area contributed by atoms with Crippen LogP contribution in [0.15, 0.2) is 51.6 Å². The summed E-state index contributed by atoms with van der Waals surface area (Å²) in [4.78, 5) is 17.3. The summed E-state index contributed by atoms with van der Waals surface area (Å²) in [5.41, 5.74) is 2.21. The maximum Gasteiger partial charge on any atom is 0.259 e. The Morgan fingerprint density at radius 1 is 1.26 bits per heavy atom. The molecule has 0 radical (unpaired) electrons. The van der Waals surface area contributed by atoms with E-state index in [9.17, 15) is 4.79 Å². The zero-order chi connectivity index (χ0) is 19.0. The second-order valence-electron chi connectivity index (χ2n) is 5.78. The number of rotatable bonds is 4. The van der Waals surface area contributed by atoms with Crippen molar-refractivity contribution >= 4 is 34.3 Å². The Morgan fingerprint density at radius 2 is 2.11 bits per heavy atom. The molecule has 0 spiro atoms. The van der Waals surface area contributed by atoms with Crippen molar-refractivity contribution in [1.82, 2.24) is 10.1 Å². The summed E-state index contributed by atoms with van der Waals surface area (Å²) >= 11 is 6.13. The first-order valence-corrected chi connectivity index (χ1v) is 8.40. The van der Waals surface area contributed by atoms with Gasteiger partial charge in [-0.15, -0.1) is 0 Å². The SMILES string of the molecule is COc1ccc(NC(=O)c2cc(-c3ccco3)nc3onc(C)c23)cc1Cl. The Labute approximate surface area is 158 Å². The van der Waals surface area contributed by atoms with Gasteiger partial charge >= 0.3 is 0 Å². The van der Waals surface area contributed by atoms with E-state index in [-0.39, 0.29) is 11.6 Å². The summed E-state index contributed by atoms with van der Waals surface area (Å²) in [5, 5.41) is 7.68. The van der Waals surface area contributed by atoms with E-state index in [4.69, 9.17) is 25.3 Å². The minimum atomic E-state index is -0.345. The van der Waals surface area contributed by atoms with Gasteiger partial charge in [0, 0.05) is 5.69 Å². The first kappa shape index (κ1) is 17.1. The van der Waals surface area contributed by atoms with E-state index >= 15 is 0 Å². The number of furan rings is 1. The van der Waals surface area contributed by atoms with Crippen LogP contribution in [0.5, 0.6) is 5.75 Å². The number of carbonyl (C=O) groups is 1. The summed E-state index contributed by atoms with van der Waals surface area (Å²) in [7, 11) is 1.53. The number of hydrogen-bond acceptors (Lipinski definition) is 6. The van der Waals surface area contributed by atoms with Crippen LogP contribution in [-0.4, -0.2) is 23.2 Å². The van der Waals surface area contributed by atoms with Gasteiger partial charge in [0.25, 0.3) is 11.6 Å². The normalized spacial score (nSPS) is 10.9. The van der Waals surface area contributed by atoms with Gasteiger partial charge in [-0.05, 0) is 43.3 Å².